The minimum Gasteiger partial charge on any atom is -0.396 e. The van der Waals surface area contributed by atoms with E-state index in [2.05, 4.69) is 42.2 Å². The van der Waals surface area contributed by atoms with Crippen LogP contribution in [0.4, 0.5) is 17.5 Å². The molecule has 28 heavy (non-hydrogen) atoms. The van der Waals surface area contributed by atoms with E-state index in [4.69, 9.17) is 0 Å². The van der Waals surface area contributed by atoms with Crippen LogP contribution in [-0.4, -0.2) is 52.8 Å². The van der Waals surface area contributed by atoms with Gasteiger partial charge in [0.25, 0.3) is 0 Å². The Morgan fingerprint density at radius 1 is 0.964 bits per heavy atom. The van der Waals surface area contributed by atoms with Crippen LogP contribution < -0.4 is 15.1 Å². The van der Waals surface area contributed by atoms with Gasteiger partial charge in [-0.3, -0.25) is 0 Å². The van der Waals surface area contributed by atoms with Gasteiger partial charge in [-0.05, 0) is 55.7 Å². The molecule has 2 fully saturated rings. The topological polar surface area (TPSA) is 77.4 Å². The smallest absolute Gasteiger partial charge is 0.134 e. The van der Waals surface area contributed by atoms with Crippen LogP contribution in [0.25, 0.3) is 0 Å². The lowest BCUT2D eigenvalue weighted by atomic mass is 9.99. The maximum Gasteiger partial charge on any atom is 0.134 e. The molecule has 1 atom stereocenters. The summed E-state index contributed by atoms with van der Waals surface area (Å²) in [6.07, 6.45) is 9.52. The van der Waals surface area contributed by atoms with E-state index in [1.54, 1.807) is 6.33 Å². The monoisotopic (exact) mass is 382 g/mol. The Labute approximate surface area is 166 Å². The Morgan fingerprint density at radius 2 is 1.79 bits per heavy atom. The predicted molar refractivity (Wildman–Crippen MR) is 112 cm³/mol. The minimum atomic E-state index is 0.244. The van der Waals surface area contributed by atoms with Crippen molar-refractivity contribution in [1.29, 1.82) is 0 Å². The van der Waals surface area contributed by atoms with Crippen molar-refractivity contribution in [2.45, 2.75) is 38.6 Å². The van der Waals surface area contributed by atoms with Crippen LogP contribution in [0.15, 0.2) is 30.7 Å². The van der Waals surface area contributed by atoms with Crippen molar-refractivity contribution in [3.63, 3.8) is 0 Å². The second-order valence-electron chi connectivity index (χ2n) is 7.82. The molecule has 4 heterocycles. The van der Waals surface area contributed by atoms with E-state index in [0.717, 1.165) is 56.5 Å². The average Bonchev–Trinajstić information content (AvgIpc) is 2.79. The van der Waals surface area contributed by atoms with E-state index < -0.39 is 0 Å². The number of piperidine rings is 2. The molecule has 0 aromatic carbocycles. The first-order chi connectivity index (χ1) is 13.8. The van der Waals surface area contributed by atoms with Gasteiger partial charge in [0.2, 0.25) is 0 Å². The van der Waals surface area contributed by atoms with E-state index in [1.165, 1.54) is 24.8 Å². The number of pyridine rings is 1. The molecule has 2 aliphatic rings. The van der Waals surface area contributed by atoms with Gasteiger partial charge in [-0.1, -0.05) is 0 Å². The predicted octanol–water partition coefficient (Wildman–Crippen LogP) is 2.68. The van der Waals surface area contributed by atoms with Crippen LogP contribution >= 0.6 is 0 Å². The highest BCUT2D eigenvalue weighted by Gasteiger charge is 2.20. The summed E-state index contributed by atoms with van der Waals surface area (Å²) in [4.78, 5) is 18.0. The van der Waals surface area contributed by atoms with Crippen LogP contribution in [0.2, 0.25) is 0 Å². The van der Waals surface area contributed by atoms with Gasteiger partial charge in [0.05, 0.1) is 0 Å². The number of hydrogen-bond donors (Lipinski definition) is 2. The zero-order valence-corrected chi connectivity index (χ0v) is 16.4. The Balaban J connectivity index is 1.38. The largest absolute Gasteiger partial charge is 0.396 e. The molecule has 7 nitrogen and oxygen atoms in total. The van der Waals surface area contributed by atoms with Gasteiger partial charge in [-0.25, -0.2) is 15.0 Å². The van der Waals surface area contributed by atoms with Gasteiger partial charge in [0.15, 0.2) is 0 Å². The number of nitrogens with zero attached hydrogens (tertiary/aromatic N) is 5. The van der Waals surface area contributed by atoms with Crippen molar-refractivity contribution >= 4 is 17.5 Å². The van der Waals surface area contributed by atoms with Gasteiger partial charge in [-0.2, -0.15) is 0 Å². The van der Waals surface area contributed by atoms with Crippen molar-refractivity contribution in [2.24, 2.45) is 5.92 Å². The van der Waals surface area contributed by atoms with Crippen molar-refractivity contribution in [1.82, 2.24) is 15.0 Å². The molecule has 0 radical (unpaired) electrons. The minimum absolute atomic E-state index is 0.244. The molecule has 0 saturated carbocycles. The highest BCUT2D eigenvalue weighted by atomic mass is 16.3. The van der Waals surface area contributed by atoms with Gasteiger partial charge in [0.1, 0.15) is 23.8 Å². The Hall–Kier alpha value is -2.41. The summed E-state index contributed by atoms with van der Waals surface area (Å²) in [6, 6.07) is 6.24. The average molecular weight is 383 g/mol. The van der Waals surface area contributed by atoms with Crippen LogP contribution in [0, 0.1) is 5.92 Å². The third-order valence-corrected chi connectivity index (χ3v) is 5.72. The lowest BCUT2D eigenvalue weighted by molar-refractivity contribution is 0.208. The van der Waals surface area contributed by atoms with Crippen LogP contribution in [-0.2, 0) is 6.54 Å². The quantitative estimate of drug-likeness (QED) is 0.795. The highest BCUT2D eigenvalue weighted by molar-refractivity contribution is 5.49. The molecule has 150 valence electrons. The molecule has 4 rings (SSSR count). The van der Waals surface area contributed by atoms with Gasteiger partial charge < -0.3 is 20.2 Å². The van der Waals surface area contributed by atoms with Gasteiger partial charge >= 0.3 is 0 Å². The fourth-order valence-corrected chi connectivity index (χ4v) is 4.10. The molecule has 2 aliphatic heterocycles. The first-order valence-electron chi connectivity index (χ1n) is 10.4. The molecule has 2 aromatic rings. The van der Waals surface area contributed by atoms with E-state index in [1.807, 2.05) is 12.3 Å². The molecule has 2 saturated heterocycles. The number of rotatable bonds is 6. The van der Waals surface area contributed by atoms with E-state index >= 15 is 0 Å². The first kappa shape index (κ1) is 18.9. The lowest BCUT2D eigenvalue weighted by Gasteiger charge is -2.32. The standard InChI is InChI=1S/C21H30N6O/c28-15-18-5-4-10-27(14-18)21-12-19(24-16-25-21)23-13-17-6-7-22-20(11-17)26-8-2-1-3-9-26/h6-7,11-12,16,18,28H,1-5,8-10,13-15H2,(H,23,24,25). The fourth-order valence-electron chi connectivity index (χ4n) is 4.10. The van der Waals surface area contributed by atoms with Crippen molar-refractivity contribution in [2.75, 3.05) is 47.9 Å². The van der Waals surface area contributed by atoms with Crippen LogP contribution in [0.3, 0.4) is 0 Å². The number of nitrogens with one attached hydrogen (secondary N) is 1. The fraction of sp³-hybridized carbons (Fsp3) is 0.571. The Bertz CT molecular complexity index is 764. The number of hydrogen-bond acceptors (Lipinski definition) is 7. The number of aliphatic hydroxyl groups excluding tert-OH is 1. The van der Waals surface area contributed by atoms with E-state index in [9.17, 15) is 5.11 Å². The number of aromatic nitrogens is 3. The molecule has 2 N–H and O–H groups in total. The molecule has 0 spiro atoms. The molecule has 2 aromatic heterocycles. The third-order valence-electron chi connectivity index (χ3n) is 5.72. The number of aliphatic hydroxyl groups is 1. The Morgan fingerprint density at radius 3 is 2.64 bits per heavy atom. The van der Waals surface area contributed by atoms with E-state index in [0.29, 0.717) is 12.5 Å². The van der Waals surface area contributed by atoms with Crippen molar-refractivity contribution < 1.29 is 5.11 Å². The summed E-state index contributed by atoms with van der Waals surface area (Å²) in [5.41, 5.74) is 1.20. The molecular formula is C21H30N6O. The highest BCUT2D eigenvalue weighted by Crippen LogP contribution is 2.23. The maximum atomic E-state index is 9.46. The molecule has 0 bridgehead atoms. The zero-order chi connectivity index (χ0) is 19.2. The molecule has 1 unspecified atom stereocenters. The van der Waals surface area contributed by atoms with Gasteiger partial charge in [-0.15, -0.1) is 0 Å². The zero-order valence-electron chi connectivity index (χ0n) is 16.4. The van der Waals surface area contributed by atoms with Crippen LogP contribution in [0.1, 0.15) is 37.7 Å². The summed E-state index contributed by atoms with van der Waals surface area (Å²) < 4.78 is 0. The molecule has 0 amide bonds. The third kappa shape index (κ3) is 4.70. The summed E-state index contributed by atoms with van der Waals surface area (Å²) in [5, 5.41) is 12.9. The first-order valence-corrected chi connectivity index (χ1v) is 10.4. The molecular weight excluding hydrogens is 352 g/mol. The summed E-state index contributed by atoms with van der Waals surface area (Å²) in [5.74, 6) is 3.17. The molecule has 0 aliphatic carbocycles. The van der Waals surface area contributed by atoms with Crippen LogP contribution in [0.5, 0.6) is 0 Å². The summed E-state index contributed by atoms with van der Waals surface area (Å²) >= 11 is 0. The summed E-state index contributed by atoms with van der Waals surface area (Å²) in [6.45, 7) is 4.99. The lowest BCUT2D eigenvalue weighted by Crippen LogP contribution is -2.37. The SMILES string of the molecule is OCC1CCCN(c2cc(NCc3ccnc(N4CCCCC4)c3)ncn2)C1. The Kier molecular flexibility index (Phi) is 6.21. The maximum absolute atomic E-state index is 9.46. The normalized spacial score (nSPS) is 20.2. The van der Waals surface area contributed by atoms with Gasteiger partial charge in [0, 0.05) is 51.6 Å². The molecule has 7 heteroatoms. The van der Waals surface area contributed by atoms with E-state index in [-0.39, 0.29) is 6.61 Å². The summed E-state index contributed by atoms with van der Waals surface area (Å²) in [7, 11) is 0. The number of anilines is 3. The second kappa shape index (κ2) is 9.19. The second-order valence-corrected chi connectivity index (χ2v) is 7.82. The van der Waals surface area contributed by atoms with Crippen molar-refractivity contribution in [3.05, 3.63) is 36.3 Å². The van der Waals surface area contributed by atoms with Crippen molar-refractivity contribution in [3.8, 4) is 0 Å².